The first-order valence-electron chi connectivity index (χ1n) is 8.09. The smallest absolute Gasteiger partial charge is 0.282 e. The minimum atomic E-state index is -3.65. The van der Waals surface area contributed by atoms with Gasteiger partial charge in [0.15, 0.2) is 0 Å². The highest BCUT2D eigenvalue weighted by Gasteiger charge is 2.32. The standard InChI is InChI=1S/C17H16BrN3O5S/c18-13-5-7-14(8-6-13)27(25,26)20-11-9-19(10-12-20)17(22)15-3-1-2-4-16(15)21(23)24/h1-8H,9-12H2. The Morgan fingerprint density at radius 3 is 2.19 bits per heavy atom. The van der Waals surface area contributed by atoms with Gasteiger partial charge in [-0.15, -0.1) is 0 Å². The molecule has 0 aliphatic carbocycles. The Labute approximate surface area is 164 Å². The van der Waals surface area contributed by atoms with Crippen LogP contribution in [0.2, 0.25) is 0 Å². The number of piperazine rings is 1. The topological polar surface area (TPSA) is 101 Å². The van der Waals surface area contributed by atoms with Crippen LogP contribution in [0.15, 0.2) is 57.9 Å². The van der Waals surface area contributed by atoms with Crippen LogP contribution >= 0.6 is 15.9 Å². The van der Waals surface area contributed by atoms with Crippen molar-refractivity contribution in [3.05, 3.63) is 68.7 Å². The van der Waals surface area contributed by atoms with E-state index in [4.69, 9.17) is 0 Å². The SMILES string of the molecule is O=C(c1ccccc1[N+](=O)[O-])N1CCN(S(=O)(=O)c2ccc(Br)cc2)CC1. The van der Waals surface area contributed by atoms with Crippen molar-refractivity contribution in [2.24, 2.45) is 0 Å². The third-order valence-corrected chi connectivity index (χ3v) is 6.75. The molecule has 0 atom stereocenters. The van der Waals surface area contributed by atoms with E-state index < -0.39 is 20.9 Å². The molecule has 3 rings (SSSR count). The lowest BCUT2D eigenvalue weighted by atomic mass is 10.1. The van der Waals surface area contributed by atoms with Crippen molar-refractivity contribution in [2.75, 3.05) is 26.2 Å². The van der Waals surface area contributed by atoms with Crippen LogP contribution in [0.3, 0.4) is 0 Å². The molecule has 0 aromatic heterocycles. The molecule has 1 aliphatic rings. The molecule has 0 radical (unpaired) electrons. The number of rotatable bonds is 4. The third kappa shape index (κ3) is 4.02. The van der Waals surface area contributed by atoms with Gasteiger partial charge in [-0.1, -0.05) is 28.1 Å². The van der Waals surface area contributed by atoms with E-state index in [0.29, 0.717) is 0 Å². The number of para-hydroxylation sites is 1. The van der Waals surface area contributed by atoms with E-state index in [0.717, 1.165) is 4.47 Å². The van der Waals surface area contributed by atoms with Gasteiger partial charge in [0, 0.05) is 36.7 Å². The summed E-state index contributed by atoms with van der Waals surface area (Å²) in [5.74, 6) is -0.469. The van der Waals surface area contributed by atoms with E-state index >= 15 is 0 Å². The summed E-state index contributed by atoms with van der Waals surface area (Å²) in [6, 6.07) is 12.1. The summed E-state index contributed by atoms with van der Waals surface area (Å²) >= 11 is 3.27. The predicted octanol–water partition coefficient (Wildman–Crippen LogP) is 2.50. The molecule has 0 saturated carbocycles. The Kier molecular flexibility index (Phi) is 5.59. The third-order valence-electron chi connectivity index (χ3n) is 4.31. The fraction of sp³-hybridized carbons (Fsp3) is 0.235. The molecule has 0 unspecified atom stereocenters. The van der Waals surface area contributed by atoms with Gasteiger partial charge in [0.1, 0.15) is 5.56 Å². The van der Waals surface area contributed by atoms with Crippen molar-refractivity contribution >= 4 is 37.5 Å². The quantitative estimate of drug-likeness (QED) is 0.522. The summed E-state index contributed by atoms with van der Waals surface area (Å²) in [7, 11) is -3.65. The van der Waals surface area contributed by atoms with Crippen LogP contribution in [0.1, 0.15) is 10.4 Å². The lowest BCUT2D eigenvalue weighted by Gasteiger charge is -2.34. The average molecular weight is 454 g/mol. The van der Waals surface area contributed by atoms with Gasteiger partial charge in [0.05, 0.1) is 9.82 Å². The number of nitrogens with zero attached hydrogens (tertiary/aromatic N) is 3. The van der Waals surface area contributed by atoms with Crippen molar-refractivity contribution < 1.29 is 18.1 Å². The molecule has 142 valence electrons. The summed E-state index contributed by atoms with van der Waals surface area (Å²) in [6.45, 7) is 0.594. The Hall–Kier alpha value is -2.30. The molecule has 0 spiro atoms. The van der Waals surface area contributed by atoms with Crippen LogP contribution in [0.25, 0.3) is 0 Å². The Morgan fingerprint density at radius 1 is 1.00 bits per heavy atom. The molecule has 1 amide bonds. The van der Waals surface area contributed by atoms with Gasteiger partial charge in [-0.05, 0) is 30.3 Å². The first-order valence-corrected chi connectivity index (χ1v) is 10.3. The largest absolute Gasteiger partial charge is 0.336 e. The van der Waals surface area contributed by atoms with Crippen LogP contribution in [0.5, 0.6) is 0 Å². The number of sulfonamides is 1. The molecule has 2 aromatic carbocycles. The number of benzene rings is 2. The minimum Gasteiger partial charge on any atom is -0.336 e. The first kappa shape index (κ1) is 19.5. The number of amides is 1. The van der Waals surface area contributed by atoms with Crippen LogP contribution in [0.4, 0.5) is 5.69 Å². The number of nitro benzene ring substituents is 1. The fourth-order valence-electron chi connectivity index (χ4n) is 2.87. The lowest BCUT2D eigenvalue weighted by Crippen LogP contribution is -2.50. The summed E-state index contributed by atoms with van der Waals surface area (Å²) < 4.78 is 27.5. The molecule has 0 bridgehead atoms. The summed E-state index contributed by atoms with van der Waals surface area (Å²) in [6.07, 6.45) is 0. The molecular formula is C17H16BrN3O5S. The molecule has 1 aliphatic heterocycles. The summed E-state index contributed by atoms with van der Waals surface area (Å²) in [5, 5.41) is 11.1. The normalized spacial score (nSPS) is 15.5. The molecule has 27 heavy (non-hydrogen) atoms. The molecule has 8 nitrogen and oxygen atoms in total. The highest BCUT2D eigenvalue weighted by Crippen LogP contribution is 2.23. The molecule has 1 saturated heterocycles. The fourth-order valence-corrected chi connectivity index (χ4v) is 4.56. The highest BCUT2D eigenvalue weighted by atomic mass is 79.9. The first-order chi connectivity index (χ1) is 12.8. The van der Waals surface area contributed by atoms with E-state index in [9.17, 15) is 23.3 Å². The Bertz CT molecular complexity index is 970. The number of carbonyl (C=O) groups is 1. The Morgan fingerprint density at radius 2 is 1.59 bits per heavy atom. The van der Waals surface area contributed by atoms with Gasteiger partial charge in [0.25, 0.3) is 11.6 Å². The number of nitro groups is 1. The second-order valence-electron chi connectivity index (χ2n) is 5.92. The number of hydrogen-bond acceptors (Lipinski definition) is 5. The maximum absolute atomic E-state index is 12.7. The summed E-state index contributed by atoms with van der Waals surface area (Å²) in [5.41, 5.74) is -0.251. The highest BCUT2D eigenvalue weighted by molar-refractivity contribution is 9.10. The lowest BCUT2D eigenvalue weighted by molar-refractivity contribution is -0.385. The molecular weight excluding hydrogens is 438 g/mol. The van der Waals surface area contributed by atoms with Crippen LogP contribution in [0, 0.1) is 10.1 Å². The van der Waals surface area contributed by atoms with E-state index in [-0.39, 0.29) is 42.3 Å². The van der Waals surface area contributed by atoms with Crippen molar-refractivity contribution in [1.29, 1.82) is 0 Å². The van der Waals surface area contributed by atoms with Gasteiger partial charge in [0.2, 0.25) is 10.0 Å². The monoisotopic (exact) mass is 453 g/mol. The van der Waals surface area contributed by atoms with Crippen LogP contribution in [-0.4, -0.2) is 54.6 Å². The maximum Gasteiger partial charge on any atom is 0.282 e. The molecule has 0 N–H and O–H groups in total. The average Bonchev–Trinajstić information content (AvgIpc) is 2.68. The number of halogens is 1. The molecule has 1 heterocycles. The van der Waals surface area contributed by atoms with Gasteiger partial charge >= 0.3 is 0 Å². The molecule has 10 heteroatoms. The van der Waals surface area contributed by atoms with Crippen molar-refractivity contribution in [2.45, 2.75) is 4.90 Å². The zero-order chi connectivity index (χ0) is 19.6. The van der Waals surface area contributed by atoms with Crippen molar-refractivity contribution in [1.82, 2.24) is 9.21 Å². The summed E-state index contributed by atoms with van der Waals surface area (Å²) in [4.78, 5) is 24.8. The van der Waals surface area contributed by atoms with E-state index in [1.165, 1.54) is 39.5 Å². The predicted molar refractivity (Wildman–Crippen MR) is 102 cm³/mol. The Balaban J connectivity index is 1.73. The van der Waals surface area contributed by atoms with E-state index in [1.807, 2.05) is 0 Å². The zero-order valence-electron chi connectivity index (χ0n) is 14.1. The van der Waals surface area contributed by atoms with Crippen LogP contribution < -0.4 is 0 Å². The van der Waals surface area contributed by atoms with Gasteiger partial charge < -0.3 is 4.90 Å². The number of carbonyl (C=O) groups excluding carboxylic acids is 1. The van der Waals surface area contributed by atoms with E-state index in [1.54, 1.807) is 18.2 Å². The molecule has 1 fully saturated rings. The van der Waals surface area contributed by atoms with Crippen LogP contribution in [-0.2, 0) is 10.0 Å². The maximum atomic E-state index is 12.7. The van der Waals surface area contributed by atoms with Gasteiger partial charge in [-0.2, -0.15) is 4.31 Å². The van der Waals surface area contributed by atoms with Crippen molar-refractivity contribution in [3.63, 3.8) is 0 Å². The zero-order valence-corrected chi connectivity index (χ0v) is 16.5. The van der Waals surface area contributed by atoms with Gasteiger partial charge in [-0.25, -0.2) is 8.42 Å². The minimum absolute atomic E-state index is 0.00622. The van der Waals surface area contributed by atoms with Crippen molar-refractivity contribution in [3.8, 4) is 0 Å². The second kappa shape index (κ2) is 7.75. The molecule has 2 aromatic rings. The van der Waals surface area contributed by atoms with Gasteiger partial charge in [-0.3, -0.25) is 14.9 Å². The van der Waals surface area contributed by atoms with E-state index in [2.05, 4.69) is 15.9 Å². The second-order valence-corrected chi connectivity index (χ2v) is 8.78. The number of hydrogen-bond donors (Lipinski definition) is 0.